The topological polar surface area (TPSA) is 99.9 Å². The van der Waals surface area contributed by atoms with E-state index in [4.69, 9.17) is 10.00 Å². The fourth-order valence-corrected chi connectivity index (χ4v) is 2.63. The first-order valence-corrected chi connectivity index (χ1v) is 8.69. The van der Waals surface area contributed by atoms with Gasteiger partial charge in [-0.15, -0.1) is 0 Å². The number of anilines is 2. The van der Waals surface area contributed by atoms with Gasteiger partial charge in [0.1, 0.15) is 5.75 Å². The molecular weight excluding hydrogens is 354 g/mol. The number of rotatable bonds is 7. The molecule has 140 valence electrons. The van der Waals surface area contributed by atoms with Gasteiger partial charge in [-0.05, 0) is 36.2 Å². The summed E-state index contributed by atoms with van der Waals surface area (Å²) < 4.78 is 5.31. The van der Waals surface area contributed by atoms with Crippen LogP contribution in [0.2, 0.25) is 0 Å². The van der Waals surface area contributed by atoms with Crippen molar-refractivity contribution in [1.82, 2.24) is 15.3 Å². The van der Waals surface area contributed by atoms with Gasteiger partial charge in [0, 0.05) is 24.6 Å². The number of nitrogens with zero attached hydrogens (tertiary/aromatic N) is 3. The highest BCUT2D eigenvalue weighted by Gasteiger charge is 2.08. The van der Waals surface area contributed by atoms with Crippen molar-refractivity contribution in [2.75, 3.05) is 19.0 Å². The molecule has 28 heavy (non-hydrogen) atoms. The normalized spacial score (nSPS) is 10.0. The van der Waals surface area contributed by atoms with Crippen LogP contribution in [0.3, 0.4) is 0 Å². The number of aromatic nitrogens is 2. The minimum atomic E-state index is -0.243. The minimum Gasteiger partial charge on any atom is -0.496 e. The summed E-state index contributed by atoms with van der Waals surface area (Å²) in [5.74, 6) is 0.907. The van der Waals surface area contributed by atoms with Crippen molar-refractivity contribution in [2.45, 2.75) is 6.42 Å². The Balaban J connectivity index is 1.55. The highest BCUT2D eigenvalue weighted by molar-refractivity contribution is 5.93. The molecule has 0 spiro atoms. The molecule has 0 aliphatic rings. The molecule has 0 aliphatic carbocycles. The first-order valence-electron chi connectivity index (χ1n) is 8.69. The van der Waals surface area contributed by atoms with Gasteiger partial charge in [-0.25, -0.2) is 9.97 Å². The number of ether oxygens (including phenoxy) is 1. The molecule has 0 saturated heterocycles. The summed E-state index contributed by atoms with van der Waals surface area (Å²) in [5.41, 5.74) is 2.64. The van der Waals surface area contributed by atoms with E-state index in [9.17, 15) is 4.79 Å². The van der Waals surface area contributed by atoms with Crippen LogP contribution in [0, 0.1) is 11.3 Å². The lowest BCUT2D eigenvalue weighted by Gasteiger charge is -2.09. The number of carbonyl (C=O) groups is 1. The summed E-state index contributed by atoms with van der Waals surface area (Å²) in [4.78, 5) is 20.6. The molecule has 1 aromatic heterocycles. The number of nitriles is 1. The number of amides is 1. The molecule has 3 rings (SSSR count). The van der Waals surface area contributed by atoms with E-state index in [0.717, 1.165) is 11.3 Å². The quantitative estimate of drug-likeness (QED) is 0.660. The second kappa shape index (κ2) is 9.14. The SMILES string of the molecule is COc1ccccc1CCNC(=O)c1cnc(Nc2cccc(C#N)c2)nc1. The Labute approximate surface area is 163 Å². The highest BCUT2D eigenvalue weighted by Crippen LogP contribution is 2.17. The predicted octanol–water partition coefficient (Wildman–Crippen LogP) is 3.07. The zero-order valence-electron chi connectivity index (χ0n) is 15.3. The molecule has 0 saturated carbocycles. The lowest BCUT2D eigenvalue weighted by Crippen LogP contribution is -2.26. The molecule has 7 heteroatoms. The largest absolute Gasteiger partial charge is 0.496 e. The van der Waals surface area contributed by atoms with Crippen LogP contribution in [-0.4, -0.2) is 29.5 Å². The number of hydrogen-bond donors (Lipinski definition) is 2. The van der Waals surface area contributed by atoms with Crippen LogP contribution >= 0.6 is 0 Å². The van der Waals surface area contributed by atoms with Crippen LogP contribution in [0.25, 0.3) is 0 Å². The van der Waals surface area contributed by atoms with E-state index in [1.165, 1.54) is 12.4 Å². The number of benzene rings is 2. The average Bonchev–Trinajstić information content (AvgIpc) is 2.74. The standard InChI is InChI=1S/C21H19N5O2/c1-28-19-8-3-2-6-16(19)9-10-23-20(27)17-13-24-21(25-14-17)26-18-7-4-5-15(11-18)12-22/h2-8,11,13-14H,9-10H2,1H3,(H,23,27)(H,24,25,26). The minimum absolute atomic E-state index is 0.243. The number of hydrogen-bond acceptors (Lipinski definition) is 6. The molecule has 2 N–H and O–H groups in total. The first-order chi connectivity index (χ1) is 13.7. The molecule has 0 unspecified atom stereocenters. The smallest absolute Gasteiger partial charge is 0.254 e. The molecule has 0 radical (unpaired) electrons. The van der Waals surface area contributed by atoms with Crippen LogP contribution in [0.5, 0.6) is 5.75 Å². The fourth-order valence-electron chi connectivity index (χ4n) is 2.63. The van der Waals surface area contributed by atoms with Gasteiger partial charge in [-0.2, -0.15) is 5.26 Å². The van der Waals surface area contributed by atoms with Crippen molar-refractivity contribution in [3.8, 4) is 11.8 Å². The summed E-state index contributed by atoms with van der Waals surface area (Å²) in [7, 11) is 1.63. The second-order valence-electron chi connectivity index (χ2n) is 5.93. The van der Waals surface area contributed by atoms with Gasteiger partial charge in [-0.1, -0.05) is 24.3 Å². The Hall–Kier alpha value is -3.92. The summed E-state index contributed by atoms with van der Waals surface area (Å²) >= 11 is 0. The fraction of sp³-hybridized carbons (Fsp3) is 0.143. The number of methoxy groups -OCH3 is 1. The lowest BCUT2D eigenvalue weighted by atomic mass is 10.1. The number of para-hydroxylation sites is 1. The van der Waals surface area contributed by atoms with Crippen molar-refractivity contribution in [1.29, 1.82) is 5.26 Å². The van der Waals surface area contributed by atoms with Gasteiger partial charge in [0.15, 0.2) is 0 Å². The van der Waals surface area contributed by atoms with Gasteiger partial charge in [0.05, 0.1) is 24.3 Å². The Bertz CT molecular complexity index is 996. The van der Waals surface area contributed by atoms with E-state index < -0.39 is 0 Å². The third-order valence-corrected chi connectivity index (χ3v) is 4.03. The maximum absolute atomic E-state index is 12.3. The van der Waals surface area contributed by atoms with E-state index >= 15 is 0 Å². The maximum atomic E-state index is 12.3. The number of carbonyl (C=O) groups excluding carboxylic acids is 1. The van der Waals surface area contributed by atoms with E-state index in [-0.39, 0.29) is 5.91 Å². The molecule has 7 nitrogen and oxygen atoms in total. The molecule has 0 bridgehead atoms. The van der Waals surface area contributed by atoms with Crippen molar-refractivity contribution >= 4 is 17.5 Å². The van der Waals surface area contributed by atoms with E-state index in [1.54, 1.807) is 25.3 Å². The van der Waals surface area contributed by atoms with Crippen molar-refractivity contribution in [3.05, 3.63) is 77.6 Å². The third-order valence-electron chi connectivity index (χ3n) is 4.03. The third kappa shape index (κ3) is 4.83. The van der Waals surface area contributed by atoms with Crippen LogP contribution in [0.1, 0.15) is 21.5 Å². The molecule has 0 aliphatic heterocycles. The van der Waals surface area contributed by atoms with E-state index in [2.05, 4.69) is 26.7 Å². The zero-order valence-corrected chi connectivity index (χ0v) is 15.3. The molecule has 1 amide bonds. The Morgan fingerprint density at radius 3 is 2.68 bits per heavy atom. The van der Waals surface area contributed by atoms with Crippen LogP contribution in [0.4, 0.5) is 11.6 Å². The summed E-state index contributed by atoms with van der Waals surface area (Å²) in [6.07, 6.45) is 3.58. The summed E-state index contributed by atoms with van der Waals surface area (Å²) in [6, 6.07) is 16.8. The molecule has 1 heterocycles. The molecule has 0 atom stereocenters. The average molecular weight is 373 g/mol. The Morgan fingerprint density at radius 2 is 1.93 bits per heavy atom. The first kappa shape index (κ1) is 18.9. The molecule has 0 fully saturated rings. The molecular formula is C21H19N5O2. The maximum Gasteiger partial charge on any atom is 0.254 e. The lowest BCUT2D eigenvalue weighted by molar-refractivity contribution is 0.0953. The van der Waals surface area contributed by atoms with E-state index in [1.807, 2.05) is 30.3 Å². The summed E-state index contributed by atoms with van der Waals surface area (Å²) in [6.45, 7) is 0.472. The van der Waals surface area contributed by atoms with Crippen molar-refractivity contribution < 1.29 is 9.53 Å². The highest BCUT2D eigenvalue weighted by atomic mass is 16.5. The predicted molar refractivity (Wildman–Crippen MR) is 106 cm³/mol. The van der Waals surface area contributed by atoms with Crippen LogP contribution in [-0.2, 0) is 6.42 Å². The Morgan fingerprint density at radius 1 is 1.14 bits per heavy atom. The van der Waals surface area contributed by atoms with Crippen molar-refractivity contribution in [2.24, 2.45) is 0 Å². The van der Waals surface area contributed by atoms with Crippen LogP contribution in [0.15, 0.2) is 60.9 Å². The van der Waals surface area contributed by atoms with Gasteiger partial charge >= 0.3 is 0 Å². The second-order valence-corrected chi connectivity index (χ2v) is 5.93. The van der Waals surface area contributed by atoms with E-state index in [0.29, 0.717) is 35.7 Å². The molecule has 3 aromatic rings. The van der Waals surface area contributed by atoms with Crippen molar-refractivity contribution in [3.63, 3.8) is 0 Å². The molecule has 2 aromatic carbocycles. The van der Waals surface area contributed by atoms with Gasteiger partial charge in [0.25, 0.3) is 5.91 Å². The monoisotopic (exact) mass is 373 g/mol. The zero-order chi connectivity index (χ0) is 19.8. The summed E-state index contributed by atoms with van der Waals surface area (Å²) in [5, 5.41) is 14.8. The van der Waals surface area contributed by atoms with Gasteiger partial charge in [-0.3, -0.25) is 4.79 Å². The van der Waals surface area contributed by atoms with Crippen LogP contribution < -0.4 is 15.4 Å². The number of nitrogens with one attached hydrogen (secondary N) is 2. The van der Waals surface area contributed by atoms with Gasteiger partial charge in [0.2, 0.25) is 5.95 Å². The Kier molecular flexibility index (Phi) is 6.16. The van der Waals surface area contributed by atoms with Gasteiger partial charge < -0.3 is 15.4 Å².